The summed E-state index contributed by atoms with van der Waals surface area (Å²) in [5, 5.41) is 2.09. The Balaban J connectivity index is 2.52. The SMILES string of the molecule is C=CCN1C(=O)NC(=O)/C(=C/c2cc(OC)c(OC(C)=O)c(OC)c2)C1=O. The summed E-state index contributed by atoms with van der Waals surface area (Å²) in [6.07, 6.45) is 2.65. The molecular weight excluding hydrogens is 356 g/mol. The zero-order valence-corrected chi connectivity index (χ0v) is 15.0. The van der Waals surface area contributed by atoms with Gasteiger partial charge >= 0.3 is 12.0 Å². The zero-order valence-electron chi connectivity index (χ0n) is 15.0. The Hall–Kier alpha value is -3.62. The lowest BCUT2D eigenvalue weighted by Gasteiger charge is -2.25. The monoisotopic (exact) mass is 374 g/mol. The van der Waals surface area contributed by atoms with Gasteiger partial charge in [-0.3, -0.25) is 24.6 Å². The maximum Gasteiger partial charge on any atom is 0.331 e. The Kier molecular flexibility index (Phi) is 5.96. The van der Waals surface area contributed by atoms with Crippen molar-refractivity contribution >= 4 is 29.9 Å². The topological polar surface area (TPSA) is 111 Å². The molecule has 1 heterocycles. The van der Waals surface area contributed by atoms with Crippen LogP contribution in [0, 0.1) is 0 Å². The summed E-state index contributed by atoms with van der Waals surface area (Å²) in [5.74, 6) is -1.76. The van der Waals surface area contributed by atoms with Crippen LogP contribution in [0.2, 0.25) is 0 Å². The van der Waals surface area contributed by atoms with Gasteiger partial charge in [0.15, 0.2) is 11.5 Å². The fraction of sp³-hybridized carbons (Fsp3) is 0.222. The van der Waals surface area contributed by atoms with Gasteiger partial charge in [0.25, 0.3) is 11.8 Å². The lowest BCUT2D eigenvalue weighted by atomic mass is 10.1. The number of carbonyl (C=O) groups is 4. The number of ether oxygens (including phenoxy) is 3. The minimum absolute atomic E-state index is 0.0483. The predicted octanol–water partition coefficient (Wildman–Crippen LogP) is 1.28. The van der Waals surface area contributed by atoms with Crippen molar-refractivity contribution in [3.8, 4) is 17.2 Å². The minimum Gasteiger partial charge on any atom is -0.493 e. The number of benzene rings is 1. The molecule has 0 aliphatic carbocycles. The van der Waals surface area contributed by atoms with Crippen LogP contribution in [-0.2, 0) is 14.4 Å². The minimum atomic E-state index is -0.827. The summed E-state index contributed by atoms with van der Waals surface area (Å²) < 4.78 is 15.5. The van der Waals surface area contributed by atoms with Crippen molar-refractivity contribution in [3.05, 3.63) is 35.9 Å². The molecule has 142 valence electrons. The van der Waals surface area contributed by atoms with Gasteiger partial charge in [0.05, 0.1) is 14.2 Å². The average molecular weight is 374 g/mol. The van der Waals surface area contributed by atoms with Crippen LogP contribution in [0.5, 0.6) is 17.2 Å². The highest BCUT2D eigenvalue weighted by Gasteiger charge is 2.35. The number of urea groups is 1. The standard InChI is InChI=1S/C18H18N2O7/c1-5-6-20-17(23)12(16(22)19-18(20)24)7-11-8-13(25-3)15(27-10(2)21)14(9-11)26-4/h5,7-9H,1,6H2,2-4H3,(H,19,22,24)/b12-7-. The molecule has 1 N–H and O–H groups in total. The number of hydrogen-bond acceptors (Lipinski definition) is 7. The number of rotatable bonds is 6. The summed E-state index contributed by atoms with van der Waals surface area (Å²) in [4.78, 5) is 48.4. The molecule has 1 aliphatic rings. The van der Waals surface area contributed by atoms with Crippen molar-refractivity contribution < 1.29 is 33.4 Å². The molecule has 1 fully saturated rings. The van der Waals surface area contributed by atoms with Gasteiger partial charge in [-0.1, -0.05) is 6.08 Å². The number of methoxy groups -OCH3 is 2. The van der Waals surface area contributed by atoms with Crippen molar-refractivity contribution in [2.24, 2.45) is 0 Å². The van der Waals surface area contributed by atoms with E-state index >= 15 is 0 Å². The Morgan fingerprint density at radius 3 is 2.26 bits per heavy atom. The number of barbiturate groups is 1. The van der Waals surface area contributed by atoms with E-state index in [1.165, 1.54) is 45.4 Å². The molecular formula is C18H18N2O7. The van der Waals surface area contributed by atoms with Crippen LogP contribution in [0.25, 0.3) is 6.08 Å². The zero-order chi connectivity index (χ0) is 20.1. The summed E-state index contributed by atoms with van der Waals surface area (Å²) in [7, 11) is 2.73. The second kappa shape index (κ2) is 8.17. The first-order valence-electron chi connectivity index (χ1n) is 7.76. The van der Waals surface area contributed by atoms with Gasteiger partial charge in [0.2, 0.25) is 5.75 Å². The normalized spacial score (nSPS) is 15.4. The van der Waals surface area contributed by atoms with Gasteiger partial charge < -0.3 is 14.2 Å². The molecule has 9 nitrogen and oxygen atoms in total. The van der Waals surface area contributed by atoms with Crippen molar-refractivity contribution in [1.29, 1.82) is 0 Å². The van der Waals surface area contributed by atoms with E-state index in [0.717, 1.165) is 4.90 Å². The van der Waals surface area contributed by atoms with Gasteiger partial charge in [-0.2, -0.15) is 0 Å². The Morgan fingerprint density at radius 1 is 1.19 bits per heavy atom. The van der Waals surface area contributed by atoms with Crippen molar-refractivity contribution in [2.75, 3.05) is 20.8 Å². The Bertz CT molecular complexity index is 832. The first kappa shape index (κ1) is 19.7. The van der Waals surface area contributed by atoms with E-state index in [4.69, 9.17) is 14.2 Å². The number of nitrogens with zero attached hydrogens (tertiary/aromatic N) is 1. The predicted molar refractivity (Wildman–Crippen MR) is 94.3 cm³/mol. The van der Waals surface area contributed by atoms with E-state index in [0.29, 0.717) is 5.56 Å². The van der Waals surface area contributed by atoms with Crippen LogP contribution in [0.15, 0.2) is 30.4 Å². The van der Waals surface area contributed by atoms with E-state index in [9.17, 15) is 19.2 Å². The Labute approximate surface area is 155 Å². The molecule has 1 aliphatic heterocycles. The maximum atomic E-state index is 12.5. The quantitative estimate of drug-likeness (QED) is 0.262. The first-order valence-corrected chi connectivity index (χ1v) is 7.76. The summed E-state index contributed by atoms with van der Waals surface area (Å²) >= 11 is 0. The molecule has 0 unspecified atom stereocenters. The third-order valence-corrected chi connectivity index (χ3v) is 3.54. The van der Waals surface area contributed by atoms with Crippen LogP contribution in [-0.4, -0.2) is 49.5 Å². The number of amides is 4. The average Bonchev–Trinajstić information content (AvgIpc) is 2.62. The van der Waals surface area contributed by atoms with Gasteiger partial charge in [0, 0.05) is 13.5 Å². The highest BCUT2D eigenvalue weighted by atomic mass is 16.6. The van der Waals surface area contributed by atoms with Gasteiger partial charge in [0.1, 0.15) is 5.57 Å². The van der Waals surface area contributed by atoms with Crippen LogP contribution >= 0.6 is 0 Å². The van der Waals surface area contributed by atoms with E-state index < -0.39 is 23.8 Å². The van der Waals surface area contributed by atoms with Crippen LogP contribution in [0.1, 0.15) is 12.5 Å². The molecule has 27 heavy (non-hydrogen) atoms. The number of nitrogens with one attached hydrogen (secondary N) is 1. The summed E-state index contributed by atoms with van der Waals surface area (Å²) in [6.45, 7) is 4.66. The fourth-order valence-electron chi connectivity index (χ4n) is 2.38. The third kappa shape index (κ3) is 4.14. The van der Waals surface area contributed by atoms with Crippen LogP contribution in [0.4, 0.5) is 4.79 Å². The van der Waals surface area contributed by atoms with Crippen LogP contribution in [0.3, 0.4) is 0 Å². The number of esters is 1. The molecule has 2 rings (SSSR count). The number of imide groups is 2. The maximum absolute atomic E-state index is 12.5. The number of hydrogen-bond donors (Lipinski definition) is 1. The highest BCUT2D eigenvalue weighted by Crippen LogP contribution is 2.39. The van der Waals surface area contributed by atoms with Gasteiger partial charge in [-0.05, 0) is 23.8 Å². The van der Waals surface area contributed by atoms with Crippen molar-refractivity contribution in [1.82, 2.24) is 10.2 Å². The molecule has 0 bridgehead atoms. The first-order chi connectivity index (χ1) is 12.8. The molecule has 0 aromatic heterocycles. The number of carbonyl (C=O) groups excluding carboxylic acids is 4. The molecule has 0 atom stereocenters. The molecule has 1 aromatic carbocycles. The summed E-state index contributed by atoms with van der Waals surface area (Å²) in [5.41, 5.74) is 0.117. The lowest BCUT2D eigenvalue weighted by Crippen LogP contribution is -2.54. The Morgan fingerprint density at radius 2 is 1.78 bits per heavy atom. The molecule has 0 radical (unpaired) electrons. The van der Waals surface area contributed by atoms with Gasteiger partial charge in [-0.15, -0.1) is 6.58 Å². The molecule has 1 saturated heterocycles. The van der Waals surface area contributed by atoms with E-state index in [1.807, 2.05) is 0 Å². The highest BCUT2D eigenvalue weighted by molar-refractivity contribution is 6.31. The van der Waals surface area contributed by atoms with Gasteiger partial charge in [-0.25, -0.2) is 4.79 Å². The summed E-state index contributed by atoms with van der Waals surface area (Å²) in [6, 6.07) is 2.10. The second-order valence-electron chi connectivity index (χ2n) is 5.37. The molecule has 9 heteroatoms. The largest absolute Gasteiger partial charge is 0.493 e. The molecule has 0 spiro atoms. The fourth-order valence-corrected chi connectivity index (χ4v) is 2.38. The second-order valence-corrected chi connectivity index (χ2v) is 5.37. The van der Waals surface area contributed by atoms with Crippen molar-refractivity contribution in [2.45, 2.75) is 6.92 Å². The van der Waals surface area contributed by atoms with E-state index in [1.54, 1.807) is 0 Å². The third-order valence-electron chi connectivity index (χ3n) is 3.54. The molecule has 4 amide bonds. The van der Waals surface area contributed by atoms with Crippen molar-refractivity contribution in [3.63, 3.8) is 0 Å². The molecule has 0 saturated carbocycles. The van der Waals surface area contributed by atoms with Crippen LogP contribution < -0.4 is 19.5 Å². The van der Waals surface area contributed by atoms with E-state index in [2.05, 4.69) is 11.9 Å². The smallest absolute Gasteiger partial charge is 0.331 e. The van der Waals surface area contributed by atoms with E-state index in [-0.39, 0.29) is 29.4 Å². The molecule has 1 aromatic rings. The lowest BCUT2D eigenvalue weighted by molar-refractivity contribution is -0.132.